The van der Waals surface area contributed by atoms with E-state index in [0.29, 0.717) is 22.5 Å². The topological polar surface area (TPSA) is 91.8 Å². The minimum absolute atomic E-state index is 0.0312. The minimum atomic E-state index is -5.07. The molecule has 35 heavy (non-hydrogen) atoms. The van der Waals surface area contributed by atoms with Gasteiger partial charge in [0.15, 0.2) is 5.75 Å². The Morgan fingerprint density at radius 2 is 1.83 bits per heavy atom. The van der Waals surface area contributed by atoms with Crippen molar-refractivity contribution in [2.24, 2.45) is 0 Å². The Hall–Kier alpha value is -3.89. The lowest BCUT2D eigenvalue weighted by molar-refractivity contribution is -0.274. The number of hydrogen-bond acceptors (Lipinski definition) is 5. The maximum atomic E-state index is 13.4. The lowest BCUT2D eigenvalue weighted by atomic mass is 10.0. The molecule has 11 heteroatoms. The zero-order valence-corrected chi connectivity index (χ0v) is 19.6. The van der Waals surface area contributed by atoms with Crippen molar-refractivity contribution in [2.45, 2.75) is 52.6 Å². The maximum absolute atomic E-state index is 13.4. The lowest BCUT2D eigenvalue weighted by Crippen LogP contribution is -2.43. The number of imide groups is 1. The molecule has 1 aliphatic heterocycles. The van der Waals surface area contributed by atoms with Crippen molar-refractivity contribution < 1.29 is 32.3 Å². The third kappa shape index (κ3) is 5.61. The summed E-state index contributed by atoms with van der Waals surface area (Å²) < 4.78 is 43.5. The molecule has 1 aromatic heterocycles. The van der Waals surface area contributed by atoms with Gasteiger partial charge in [0.2, 0.25) is 0 Å². The van der Waals surface area contributed by atoms with E-state index in [1.54, 1.807) is 25.1 Å². The first-order chi connectivity index (χ1) is 16.3. The number of amides is 4. The number of carbonyl (C=O) groups is 3. The van der Waals surface area contributed by atoms with Gasteiger partial charge in [0.1, 0.15) is 5.54 Å². The highest BCUT2D eigenvalue weighted by Crippen LogP contribution is 2.41. The van der Waals surface area contributed by atoms with Crippen LogP contribution in [0.15, 0.2) is 54.4 Å². The summed E-state index contributed by atoms with van der Waals surface area (Å²) in [4.78, 5) is 44.9. The van der Waals surface area contributed by atoms with Gasteiger partial charge in [0.25, 0.3) is 11.8 Å². The summed E-state index contributed by atoms with van der Waals surface area (Å²) in [6.07, 6.45) is 0.280. The van der Waals surface area contributed by atoms with Crippen molar-refractivity contribution in [1.29, 1.82) is 0 Å². The van der Waals surface area contributed by atoms with Crippen LogP contribution in [0.2, 0.25) is 0 Å². The Kier molecular flexibility index (Phi) is 7.18. The number of urea groups is 1. The molecule has 0 radical (unpaired) electrons. The smallest absolute Gasteiger partial charge is 0.404 e. The molecule has 1 fully saturated rings. The second-order valence-electron chi connectivity index (χ2n) is 8.40. The Bertz CT molecular complexity index is 1160. The third-order valence-corrected chi connectivity index (χ3v) is 5.47. The summed E-state index contributed by atoms with van der Waals surface area (Å²) in [6.45, 7) is 6.48. The van der Waals surface area contributed by atoms with Crippen LogP contribution in [0, 0.1) is 0 Å². The van der Waals surface area contributed by atoms with E-state index in [4.69, 9.17) is 0 Å². The molecule has 0 saturated carbocycles. The summed E-state index contributed by atoms with van der Waals surface area (Å²) in [5.74, 6) is -1.96. The van der Waals surface area contributed by atoms with E-state index in [0.717, 1.165) is 12.1 Å². The zero-order valence-electron chi connectivity index (χ0n) is 19.6. The molecule has 0 spiro atoms. The Morgan fingerprint density at radius 3 is 2.43 bits per heavy atom. The fraction of sp³-hybridized carbons (Fsp3) is 0.333. The summed E-state index contributed by atoms with van der Waals surface area (Å²) in [7, 11) is 0. The van der Waals surface area contributed by atoms with Gasteiger partial charge in [-0.1, -0.05) is 13.0 Å². The summed E-state index contributed by atoms with van der Waals surface area (Å²) >= 11 is 0. The predicted molar refractivity (Wildman–Crippen MR) is 123 cm³/mol. The van der Waals surface area contributed by atoms with E-state index in [2.05, 4.69) is 15.0 Å². The highest BCUT2D eigenvalue weighted by molar-refractivity contribution is 6.23. The van der Waals surface area contributed by atoms with Gasteiger partial charge in [-0.15, -0.1) is 13.2 Å². The molecule has 0 atom stereocenters. The second-order valence-corrected chi connectivity index (χ2v) is 8.40. The average molecular weight is 490 g/mol. The summed E-state index contributed by atoms with van der Waals surface area (Å²) in [6, 6.07) is 5.77. The van der Waals surface area contributed by atoms with Crippen LogP contribution in [0.25, 0.3) is 0 Å². The fourth-order valence-corrected chi connectivity index (χ4v) is 3.59. The van der Waals surface area contributed by atoms with Gasteiger partial charge >= 0.3 is 12.4 Å². The number of rotatable bonds is 7. The van der Waals surface area contributed by atoms with E-state index in [1.165, 1.54) is 37.2 Å². The molecule has 3 rings (SSSR count). The van der Waals surface area contributed by atoms with Crippen LogP contribution in [-0.2, 0) is 16.1 Å². The molecular formula is C24H25F3N4O4. The maximum Gasteiger partial charge on any atom is 0.573 e. The molecule has 1 saturated heterocycles. The lowest BCUT2D eigenvalue weighted by Gasteiger charge is -2.27. The molecular weight excluding hydrogens is 465 g/mol. The normalized spacial score (nSPS) is 16.0. The molecule has 0 unspecified atom stereocenters. The second kappa shape index (κ2) is 9.77. The van der Waals surface area contributed by atoms with Crippen LogP contribution >= 0.6 is 0 Å². The molecule has 1 aliphatic rings. The molecule has 1 aromatic carbocycles. The number of anilines is 2. The van der Waals surface area contributed by atoms with Crippen molar-refractivity contribution in [3.63, 3.8) is 0 Å². The van der Waals surface area contributed by atoms with Crippen LogP contribution < -0.4 is 15.0 Å². The summed E-state index contributed by atoms with van der Waals surface area (Å²) in [5.41, 5.74) is -0.619. The first kappa shape index (κ1) is 25.7. The highest BCUT2D eigenvalue weighted by atomic mass is 19.4. The predicted octanol–water partition coefficient (Wildman–Crippen LogP) is 5.02. The van der Waals surface area contributed by atoms with Crippen molar-refractivity contribution in [3.8, 4) is 5.75 Å². The van der Waals surface area contributed by atoms with Gasteiger partial charge in [0, 0.05) is 30.2 Å². The van der Waals surface area contributed by atoms with Gasteiger partial charge < -0.3 is 15.0 Å². The number of carbonyl (C=O) groups excluding carboxylic acids is 3. The molecule has 186 valence electrons. The van der Waals surface area contributed by atoms with E-state index in [1.807, 2.05) is 6.92 Å². The van der Waals surface area contributed by atoms with Gasteiger partial charge in [-0.2, -0.15) is 0 Å². The highest BCUT2D eigenvalue weighted by Gasteiger charge is 2.52. The first-order valence-corrected chi connectivity index (χ1v) is 10.8. The number of alkyl halides is 3. The number of nitrogens with one attached hydrogen (secondary N) is 1. The van der Waals surface area contributed by atoms with Gasteiger partial charge in [-0.05, 0) is 63.1 Å². The molecule has 2 aromatic rings. The largest absolute Gasteiger partial charge is 0.573 e. The van der Waals surface area contributed by atoms with Crippen molar-refractivity contribution in [1.82, 2.24) is 9.88 Å². The Morgan fingerprint density at radius 1 is 1.17 bits per heavy atom. The number of benzene rings is 1. The molecule has 2 heterocycles. The number of nitrogens with zero attached hydrogens (tertiary/aromatic N) is 3. The molecule has 0 aliphatic carbocycles. The quantitative estimate of drug-likeness (QED) is 0.435. The van der Waals surface area contributed by atoms with E-state index in [9.17, 15) is 27.6 Å². The van der Waals surface area contributed by atoms with Crippen LogP contribution in [0.1, 0.15) is 39.7 Å². The van der Waals surface area contributed by atoms with Gasteiger partial charge in [-0.25, -0.2) is 9.69 Å². The van der Waals surface area contributed by atoms with E-state index >= 15 is 0 Å². The molecule has 8 nitrogen and oxygen atoms in total. The van der Waals surface area contributed by atoms with E-state index in [-0.39, 0.29) is 12.2 Å². The summed E-state index contributed by atoms with van der Waals surface area (Å²) in [5, 5.41) is 2.57. The first-order valence-electron chi connectivity index (χ1n) is 10.8. The number of ether oxygens (including phenoxy) is 1. The number of aromatic nitrogens is 1. The van der Waals surface area contributed by atoms with Crippen LogP contribution in [0.5, 0.6) is 5.75 Å². The van der Waals surface area contributed by atoms with Gasteiger partial charge in [0.05, 0.1) is 5.69 Å². The number of pyridine rings is 1. The number of halogens is 3. The number of allylic oxidation sites excluding steroid dienone is 1. The minimum Gasteiger partial charge on any atom is -0.404 e. The molecule has 4 amide bonds. The van der Waals surface area contributed by atoms with Crippen molar-refractivity contribution in [3.05, 3.63) is 59.9 Å². The Balaban J connectivity index is 2.04. The van der Waals surface area contributed by atoms with E-state index < -0.39 is 41.2 Å². The van der Waals surface area contributed by atoms with Crippen molar-refractivity contribution >= 4 is 29.2 Å². The van der Waals surface area contributed by atoms with Gasteiger partial charge in [-0.3, -0.25) is 14.6 Å². The Labute approximate surface area is 200 Å². The van der Waals surface area contributed by atoms with Crippen molar-refractivity contribution in [2.75, 3.05) is 10.2 Å². The molecule has 1 N–H and O–H groups in total. The zero-order chi connectivity index (χ0) is 26.0. The fourth-order valence-electron chi connectivity index (χ4n) is 3.59. The SMILES string of the molecule is CC/C=C(\C)C(=O)Nc1ccc(OC(F)(F)F)c(N2C(=O)N(Cc3ccncc3)C(C)(C)C2=O)c1. The van der Waals surface area contributed by atoms with Crippen LogP contribution in [0.4, 0.5) is 29.3 Å². The van der Waals surface area contributed by atoms with Crippen LogP contribution in [0.3, 0.4) is 0 Å². The molecule has 0 bridgehead atoms. The monoisotopic (exact) mass is 490 g/mol. The number of hydrogen-bond donors (Lipinski definition) is 1. The standard InChI is InChI=1S/C24H25F3N4O4/c1-5-6-15(2)20(32)29-17-7-8-19(35-24(25,26)27)18(13-17)31-21(33)23(3,4)30(22(31)34)14-16-9-11-28-12-10-16/h6-13H,5,14H2,1-4H3,(H,29,32)/b15-6+. The van der Waals surface area contributed by atoms with Crippen LogP contribution in [-0.4, -0.2) is 39.6 Å². The average Bonchev–Trinajstić information content (AvgIpc) is 2.94. The third-order valence-electron chi connectivity index (χ3n) is 5.47.